The SMILES string of the molecule is Cc1nc2c(c(C)nn2C)c(C)c1CCC(=O)N[C@H](C)c1ccc(-n2cncn2)cc1. The number of fused-ring (bicyclic) bond motifs is 1. The summed E-state index contributed by atoms with van der Waals surface area (Å²) in [6, 6.07) is 7.85. The lowest BCUT2D eigenvalue weighted by molar-refractivity contribution is -0.121. The van der Waals surface area contributed by atoms with E-state index in [9.17, 15) is 4.79 Å². The van der Waals surface area contributed by atoms with Crippen molar-refractivity contribution in [2.75, 3.05) is 0 Å². The molecule has 0 fully saturated rings. The van der Waals surface area contributed by atoms with Gasteiger partial charge >= 0.3 is 0 Å². The van der Waals surface area contributed by atoms with E-state index >= 15 is 0 Å². The fourth-order valence-corrected chi connectivity index (χ4v) is 4.12. The van der Waals surface area contributed by atoms with Crippen molar-refractivity contribution in [1.29, 1.82) is 0 Å². The minimum Gasteiger partial charge on any atom is -0.350 e. The summed E-state index contributed by atoms with van der Waals surface area (Å²) in [4.78, 5) is 21.3. The molecule has 0 aliphatic heterocycles. The Kier molecular flexibility index (Phi) is 5.54. The summed E-state index contributed by atoms with van der Waals surface area (Å²) in [6.07, 6.45) is 4.22. The van der Waals surface area contributed by atoms with Crippen LogP contribution in [0, 0.1) is 20.8 Å². The van der Waals surface area contributed by atoms with Gasteiger partial charge in [-0.1, -0.05) is 12.1 Å². The molecule has 8 nitrogen and oxygen atoms in total. The van der Waals surface area contributed by atoms with Crippen LogP contribution in [0.25, 0.3) is 16.7 Å². The molecule has 8 heteroatoms. The molecule has 1 atom stereocenters. The lowest BCUT2D eigenvalue weighted by atomic mass is 9.99. The lowest BCUT2D eigenvalue weighted by Crippen LogP contribution is -2.27. The van der Waals surface area contributed by atoms with Gasteiger partial charge in [-0.2, -0.15) is 10.2 Å². The third-order valence-electron chi connectivity index (χ3n) is 5.79. The Hall–Kier alpha value is -3.55. The quantitative estimate of drug-likeness (QED) is 0.520. The van der Waals surface area contributed by atoms with Crippen LogP contribution in [0.4, 0.5) is 0 Å². The van der Waals surface area contributed by atoms with E-state index in [0.717, 1.165) is 44.8 Å². The molecule has 4 rings (SSSR count). The minimum atomic E-state index is -0.0827. The van der Waals surface area contributed by atoms with Gasteiger partial charge in [-0.25, -0.2) is 14.6 Å². The fourth-order valence-electron chi connectivity index (χ4n) is 4.12. The first-order valence-corrected chi connectivity index (χ1v) is 10.4. The Morgan fingerprint density at radius 2 is 1.87 bits per heavy atom. The highest BCUT2D eigenvalue weighted by Crippen LogP contribution is 2.26. The molecule has 0 radical (unpaired) electrons. The first kappa shape index (κ1) is 20.7. The van der Waals surface area contributed by atoms with E-state index in [1.54, 1.807) is 11.0 Å². The number of nitrogens with zero attached hydrogens (tertiary/aromatic N) is 6. The summed E-state index contributed by atoms with van der Waals surface area (Å²) in [5.41, 5.74) is 7.08. The van der Waals surface area contributed by atoms with Crippen molar-refractivity contribution in [1.82, 2.24) is 34.8 Å². The summed E-state index contributed by atoms with van der Waals surface area (Å²) >= 11 is 0. The molecule has 160 valence electrons. The monoisotopic (exact) mass is 417 g/mol. The van der Waals surface area contributed by atoms with Crippen LogP contribution in [0.3, 0.4) is 0 Å². The van der Waals surface area contributed by atoms with Crippen molar-refractivity contribution in [2.24, 2.45) is 7.05 Å². The molecule has 0 unspecified atom stereocenters. The first-order valence-electron chi connectivity index (χ1n) is 10.4. The molecule has 31 heavy (non-hydrogen) atoms. The number of amides is 1. The van der Waals surface area contributed by atoms with Crippen molar-refractivity contribution in [2.45, 2.75) is 46.6 Å². The summed E-state index contributed by atoms with van der Waals surface area (Å²) in [6.45, 7) is 8.09. The second kappa shape index (κ2) is 8.29. The Morgan fingerprint density at radius 3 is 2.55 bits per heavy atom. The molecule has 1 aromatic carbocycles. The van der Waals surface area contributed by atoms with Gasteiger partial charge < -0.3 is 5.32 Å². The van der Waals surface area contributed by atoms with E-state index in [1.165, 1.54) is 6.33 Å². The van der Waals surface area contributed by atoms with E-state index in [2.05, 4.69) is 27.4 Å². The minimum absolute atomic E-state index is 0.0228. The van der Waals surface area contributed by atoms with Crippen LogP contribution in [0.15, 0.2) is 36.9 Å². The third-order valence-corrected chi connectivity index (χ3v) is 5.79. The van der Waals surface area contributed by atoms with E-state index in [4.69, 9.17) is 4.98 Å². The maximum atomic E-state index is 12.6. The number of aryl methyl sites for hydroxylation is 4. The third kappa shape index (κ3) is 4.05. The number of hydrogen-bond acceptors (Lipinski definition) is 5. The van der Waals surface area contributed by atoms with Gasteiger partial charge in [0.1, 0.15) is 12.7 Å². The van der Waals surface area contributed by atoms with Crippen molar-refractivity contribution in [3.63, 3.8) is 0 Å². The maximum Gasteiger partial charge on any atom is 0.220 e. The number of benzene rings is 1. The number of nitrogens with one attached hydrogen (secondary N) is 1. The van der Waals surface area contributed by atoms with Crippen molar-refractivity contribution in [3.8, 4) is 5.69 Å². The van der Waals surface area contributed by atoms with E-state index in [0.29, 0.717) is 12.8 Å². The van der Waals surface area contributed by atoms with Crippen LogP contribution < -0.4 is 5.32 Å². The zero-order valence-corrected chi connectivity index (χ0v) is 18.5. The highest BCUT2D eigenvalue weighted by Gasteiger charge is 2.17. The number of hydrogen-bond donors (Lipinski definition) is 1. The molecule has 0 bridgehead atoms. The van der Waals surface area contributed by atoms with Crippen LogP contribution in [0.5, 0.6) is 0 Å². The molecule has 3 heterocycles. The van der Waals surface area contributed by atoms with Crippen molar-refractivity contribution in [3.05, 3.63) is 65.0 Å². The molecular formula is C23H27N7O. The van der Waals surface area contributed by atoms with Crippen molar-refractivity contribution < 1.29 is 4.79 Å². The summed E-state index contributed by atoms with van der Waals surface area (Å²) in [5.74, 6) is 0.0228. The van der Waals surface area contributed by atoms with E-state index in [-0.39, 0.29) is 11.9 Å². The molecular weight excluding hydrogens is 390 g/mol. The fraction of sp³-hybridized carbons (Fsp3) is 0.348. The van der Waals surface area contributed by atoms with Crippen LogP contribution in [0.1, 0.15) is 47.5 Å². The predicted octanol–water partition coefficient (Wildman–Crippen LogP) is 3.28. The molecule has 1 N–H and O–H groups in total. The van der Waals surface area contributed by atoms with Crippen LogP contribution in [0.2, 0.25) is 0 Å². The van der Waals surface area contributed by atoms with Gasteiger partial charge in [0.2, 0.25) is 5.91 Å². The van der Waals surface area contributed by atoms with Gasteiger partial charge in [-0.15, -0.1) is 0 Å². The lowest BCUT2D eigenvalue weighted by Gasteiger charge is -2.16. The molecule has 1 amide bonds. The highest BCUT2D eigenvalue weighted by atomic mass is 16.1. The zero-order valence-electron chi connectivity index (χ0n) is 18.5. The first-order chi connectivity index (χ1) is 14.8. The van der Waals surface area contributed by atoms with Gasteiger partial charge in [0, 0.05) is 24.5 Å². The molecule has 3 aromatic heterocycles. The summed E-state index contributed by atoms with van der Waals surface area (Å²) < 4.78 is 3.52. The molecule has 0 saturated heterocycles. The zero-order chi connectivity index (χ0) is 22.1. The summed E-state index contributed by atoms with van der Waals surface area (Å²) in [5, 5.41) is 12.8. The molecule has 0 aliphatic rings. The van der Waals surface area contributed by atoms with Gasteiger partial charge in [-0.05, 0) is 62.9 Å². The Labute approximate surface area is 181 Å². The van der Waals surface area contributed by atoms with E-state index in [1.807, 2.05) is 56.8 Å². The van der Waals surface area contributed by atoms with Gasteiger partial charge in [-0.3, -0.25) is 9.48 Å². The Bertz CT molecular complexity index is 1220. The second-order valence-electron chi connectivity index (χ2n) is 7.93. The highest BCUT2D eigenvalue weighted by molar-refractivity contribution is 5.84. The molecule has 0 spiro atoms. The second-order valence-corrected chi connectivity index (χ2v) is 7.93. The summed E-state index contributed by atoms with van der Waals surface area (Å²) in [7, 11) is 1.91. The average molecular weight is 418 g/mol. The molecule has 4 aromatic rings. The Morgan fingerprint density at radius 1 is 1.13 bits per heavy atom. The number of carbonyl (C=O) groups is 1. The molecule has 0 aliphatic carbocycles. The largest absolute Gasteiger partial charge is 0.350 e. The topological polar surface area (TPSA) is 90.5 Å². The number of rotatable bonds is 6. The van der Waals surface area contributed by atoms with Crippen LogP contribution in [-0.4, -0.2) is 35.4 Å². The predicted molar refractivity (Wildman–Crippen MR) is 119 cm³/mol. The number of pyridine rings is 1. The van der Waals surface area contributed by atoms with Gasteiger partial charge in [0.05, 0.1) is 17.4 Å². The van der Waals surface area contributed by atoms with E-state index < -0.39 is 0 Å². The van der Waals surface area contributed by atoms with Crippen molar-refractivity contribution >= 4 is 16.9 Å². The average Bonchev–Trinajstić information content (AvgIpc) is 3.36. The van der Waals surface area contributed by atoms with Gasteiger partial charge in [0.25, 0.3) is 0 Å². The number of aromatic nitrogens is 6. The maximum absolute atomic E-state index is 12.6. The smallest absolute Gasteiger partial charge is 0.220 e. The van der Waals surface area contributed by atoms with Gasteiger partial charge in [0.15, 0.2) is 5.65 Å². The Balaban J connectivity index is 1.42. The standard InChI is InChI=1S/C23H27N7O/c1-14-20(16(3)27-23-22(14)17(4)28-29(23)5)10-11-21(31)26-15(2)18-6-8-19(9-7-18)30-13-24-12-25-30/h6-9,12-13,15H,10-11H2,1-5H3,(H,26,31)/t15-/m1/s1. The van der Waals surface area contributed by atoms with Crippen LogP contribution in [-0.2, 0) is 18.3 Å². The molecule has 0 saturated carbocycles. The van der Waals surface area contributed by atoms with Crippen LogP contribution >= 0.6 is 0 Å². The number of carbonyl (C=O) groups excluding carboxylic acids is 1. The normalized spacial score (nSPS) is 12.3.